The fraction of sp³-hybridized carbons (Fsp3) is 0.759. The van der Waals surface area contributed by atoms with Crippen LogP contribution >= 0.6 is 0 Å². The minimum absolute atomic E-state index is 0.00737. The Bertz CT molecular complexity index is 998. The van der Waals surface area contributed by atoms with Crippen LogP contribution in [0.1, 0.15) is 67.7 Å². The van der Waals surface area contributed by atoms with E-state index in [-0.39, 0.29) is 36.3 Å². The summed E-state index contributed by atoms with van der Waals surface area (Å²) in [4.78, 5) is 47.8. The van der Waals surface area contributed by atoms with Crippen molar-refractivity contribution in [1.82, 2.24) is 14.7 Å². The van der Waals surface area contributed by atoms with Gasteiger partial charge >= 0.3 is 0 Å². The number of hydrogen-bond donors (Lipinski definition) is 1. The highest BCUT2D eigenvalue weighted by Crippen LogP contribution is 2.57. The molecule has 0 aliphatic carbocycles. The average Bonchev–Trinajstić information content (AvgIpc) is 3.03. The van der Waals surface area contributed by atoms with Crippen LogP contribution in [-0.4, -0.2) is 93.1 Å². The Hall–Kier alpha value is -2.19. The van der Waals surface area contributed by atoms with Gasteiger partial charge in [-0.3, -0.25) is 14.4 Å². The number of aliphatic hydroxyl groups is 1. The quantitative estimate of drug-likeness (QED) is 0.527. The van der Waals surface area contributed by atoms with Crippen molar-refractivity contribution in [2.45, 2.75) is 90.5 Å². The van der Waals surface area contributed by atoms with Crippen LogP contribution in [0, 0.1) is 17.3 Å². The molecular weight excluding hydrogens is 470 g/mol. The highest BCUT2D eigenvalue weighted by molar-refractivity contribution is 6.00. The molecule has 4 aliphatic rings. The Morgan fingerprint density at radius 3 is 2.27 bits per heavy atom. The van der Waals surface area contributed by atoms with Gasteiger partial charge in [-0.25, -0.2) is 0 Å². The minimum atomic E-state index is -1.25. The second-order valence-corrected chi connectivity index (χ2v) is 13.2. The van der Waals surface area contributed by atoms with Gasteiger partial charge in [-0.15, -0.1) is 0 Å². The monoisotopic (exact) mass is 515 g/mol. The fourth-order valence-electron chi connectivity index (χ4n) is 7.46. The van der Waals surface area contributed by atoms with E-state index < -0.39 is 34.6 Å². The molecule has 8 nitrogen and oxygen atoms in total. The Labute approximate surface area is 221 Å². The van der Waals surface area contributed by atoms with E-state index in [1.165, 1.54) is 0 Å². The molecule has 5 atom stereocenters. The third kappa shape index (κ3) is 4.54. The summed E-state index contributed by atoms with van der Waals surface area (Å²) in [6.45, 7) is 16.2. The van der Waals surface area contributed by atoms with E-state index in [0.29, 0.717) is 26.1 Å². The Morgan fingerprint density at radius 1 is 0.973 bits per heavy atom. The lowest BCUT2D eigenvalue weighted by molar-refractivity contribution is -0.156. The van der Waals surface area contributed by atoms with Crippen molar-refractivity contribution in [1.29, 1.82) is 0 Å². The van der Waals surface area contributed by atoms with Gasteiger partial charge in [-0.2, -0.15) is 0 Å². The van der Waals surface area contributed by atoms with E-state index in [2.05, 4.69) is 34.6 Å². The van der Waals surface area contributed by atoms with Crippen molar-refractivity contribution in [2.24, 2.45) is 17.3 Å². The van der Waals surface area contributed by atoms with Gasteiger partial charge in [0.1, 0.15) is 11.6 Å². The summed E-state index contributed by atoms with van der Waals surface area (Å²) < 4.78 is 6.84. The zero-order valence-corrected chi connectivity index (χ0v) is 23.6. The molecule has 1 N–H and O–H groups in total. The normalized spacial score (nSPS) is 34.0. The molecule has 4 heterocycles. The van der Waals surface area contributed by atoms with Gasteiger partial charge in [0.15, 0.2) is 0 Å². The highest BCUT2D eigenvalue weighted by atomic mass is 16.5. The summed E-state index contributed by atoms with van der Waals surface area (Å²) in [6.07, 6.45) is 9.67. The third-order valence-electron chi connectivity index (χ3n) is 8.38. The number of aliphatic hydroxyl groups excluding tert-OH is 1. The van der Waals surface area contributed by atoms with Crippen molar-refractivity contribution in [3.8, 4) is 0 Å². The number of hydrogen-bond acceptors (Lipinski definition) is 5. The molecule has 8 heteroatoms. The molecule has 2 fully saturated rings. The van der Waals surface area contributed by atoms with E-state index in [1.807, 2.05) is 43.1 Å². The van der Waals surface area contributed by atoms with Crippen molar-refractivity contribution < 1.29 is 24.2 Å². The summed E-state index contributed by atoms with van der Waals surface area (Å²) in [5, 5.41) is 9.59. The Kier molecular flexibility index (Phi) is 7.17. The zero-order valence-electron chi connectivity index (χ0n) is 23.6. The van der Waals surface area contributed by atoms with Crippen LogP contribution < -0.4 is 0 Å². The standard InChI is InChI=1S/C29H45N3O5/c1-8-14-30-15-9-12-28(7)20(23(30)34)21-24(35)31(16-11-18-33)22-25(36)32(17-10-13-29(21,22)37-28)27(5,6)19-26(2,3)4/h9-10,12-13,20-22,33H,8,11,14-19H2,1-7H3/t20-,21+,22?,28+,29+/m1/s1. The number of likely N-dealkylation sites (tertiary alicyclic amines) is 1. The van der Waals surface area contributed by atoms with Gasteiger partial charge in [0.2, 0.25) is 17.7 Å². The van der Waals surface area contributed by atoms with Crippen molar-refractivity contribution in [3.05, 3.63) is 24.3 Å². The molecule has 4 rings (SSSR count). The molecule has 1 unspecified atom stereocenters. The lowest BCUT2D eigenvalue weighted by atomic mass is 9.74. The number of rotatable bonds is 7. The first-order valence-corrected chi connectivity index (χ1v) is 13.8. The summed E-state index contributed by atoms with van der Waals surface area (Å²) in [7, 11) is 0. The van der Waals surface area contributed by atoms with E-state index in [1.54, 1.807) is 9.80 Å². The molecule has 0 aromatic rings. The summed E-state index contributed by atoms with van der Waals surface area (Å²) in [5.74, 6) is -2.02. The Morgan fingerprint density at radius 2 is 1.65 bits per heavy atom. The van der Waals surface area contributed by atoms with E-state index in [9.17, 15) is 19.5 Å². The number of amides is 3. The molecule has 3 amide bonds. The molecule has 0 aromatic heterocycles. The molecule has 4 aliphatic heterocycles. The van der Waals surface area contributed by atoms with Crippen LogP contribution in [0.2, 0.25) is 0 Å². The van der Waals surface area contributed by atoms with Crippen LogP contribution in [0.25, 0.3) is 0 Å². The fourth-order valence-corrected chi connectivity index (χ4v) is 7.46. The maximum Gasteiger partial charge on any atom is 0.249 e. The first-order chi connectivity index (χ1) is 17.2. The molecule has 206 valence electrons. The van der Waals surface area contributed by atoms with Crippen molar-refractivity contribution in [2.75, 3.05) is 32.8 Å². The van der Waals surface area contributed by atoms with E-state index in [0.717, 1.165) is 12.8 Å². The number of fused-ring (bicyclic) bond motifs is 2. The van der Waals surface area contributed by atoms with Gasteiger partial charge in [0.25, 0.3) is 0 Å². The van der Waals surface area contributed by atoms with Gasteiger partial charge in [-0.05, 0) is 45.4 Å². The summed E-state index contributed by atoms with van der Waals surface area (Å²) >= 11 is 0. The van der Waals surface area contributed by atoms with Gasteiger partial charge < -0.3 is 24.5 Å². The molecule has 0 aromatic carbocycles. The summed E-state index contributed by atoms with van der Waals surface area (Å²) in [6, 6.07) is -0.890. The van der Waals surface area contributed by atoms with Crippen LogP contribution in [0.3, 0.4) is 0 Å². The Balaban J connectivity index is 1.83. The van der Waals surface area contributed by atoms with Crippen LogP contribution in [0.4, 0.5) is 0 Å². The van der Waals surface area contributed by atoms with Crippen LogP contribution in [0.5, 0.6) is 0 Å². The maximum absolute atomic E-state index is 14.5. The highest BCUT2D eigenvalue weighted by Gasteiger charge is 2.74. The zero-order chi connectivity index (χ0) is 27.4. The van der Waals surface area contributed by atoms with Crippen molar-refractivity contribution in [3.63, 3.8) is 0 Å². The predicted molar refractivity (Wildman–Crippen MR) is 141 cm³/mol. The predicted octanol–water partition coefficient (Wildman–Crippen LogP) is 2.76. The first-order valence-electron chi connectivity index (χ1n) is 13.8. The second-order valence-electron chi connectivity index (χ2n) is 13.2. The maximum atomic E-state index is 14.5. The number of nitrogens with zero attached hydrogens (tertiary/aromatic N) is 3. The number of carbonyl (C=O) groups excluding carboxylic acids is 3. The second kappa shape index (κ2) is 9.53. The minimum Gasteiger partial charge on any atom is -0.396 e. The van der Waals surface area contributed by atoms with Crippen LogP contribution in [0.15, 0.2) is 24.3 Å². The van der Waals surface area contributed by atoms with Gasteiger partial charge in [0.05, 0.1) is 17.4 Å². The molecular formula is C29H45N3O5. The average molecular weight is 516 g/mol. The SMILES string of the molecule is CCCN1CC=C[C@]2(C)O[C@]34C=CCN(C(C)(C)CC(C)(C)C)C(=O)C3N(CCCO)C(=O)[C@@H]4[C@@H]2C1=O. The van der Waals surface area contributed by atoms with Crippen LogP contribution in [-0.2, 0) is 19.1 Å². The molecule has 1 spiro atoms. The molecule has 0 radical (unpaired) electrons. The van der Waals surface area contributed by atoms with E-state index in [4.69, 9.17) is 4.74 Å². The first kappa shape index (κ1) is 27.8. The third-order valence-corrected chi connectivity index (χ3v) is 8.38. The number of carbonyl (C=O) groups is 3. The summed E-state index contributed by atoms with van der Waals surface area (Å²) in [5.41, 5.74) is -2.71. The molecule has 37 heavy (non-hydrogen) atoms. The van der Waals surface area contributed by atoms with Crippen molar-refractivity contribution >= 4 is 17.7 Å². The lowest BCUT2D eigenvalue weighted by Gasteiger charge is -2.44. The van der Waals surface area contributed by atoms with Gasteiger partial charge in [0, 0.05) is 38.3 Å². The van der Waals surface area contributed by atoms with E-state index >= 15 is 0 Å². The topological polar surface area (TPSA) is 90.4 Å². The number of ether oxygens (including phenoxy) is 1. The lowest BCUT2D eigenvalue weighted by Crippen LogP contribution is -2.60. The molecule has 0 bridgehead atoms. The molecule has 0 saturated carbocycles. The largest absolute Gasteiger partial charge is 0.396 e. The van der Waals surface area contributed by atoms with Gasteiger partial charge in [-0.1, -0.05) is 52.0 Å². The smallest absolute Gasteiger partial charge is 0.249 e. The molecule has 2 saturated heterocycles.